The Morgan fingerprint density at radius 3 is 2.29 bits per heavy atom. The summed E-state index contributed by atoms with van der Waals surface area (Å²) >= 11 is 0. The Labute approximate surface area is 105 Å². The monoisotopic (exact) mass is 241 g/mol. The molecule has 0 spiro atoms. The fourth-order valence-corrected chi connectivity index (χ4v) is 2.41. The highest BCUT2D eigenvalue weighted by Gasteiger charge is 2.28. The van der Waals surface area contributed by atoms with Crippen LogP contribution in [0.25, 0.3) is 0 Å². The first-order valence-corrected chi connectivity index (χ1v) is 6.83. The molecule has 100 valence electrons. The second kappa shape index (κ2) is 5.65. The van der Waals surface area contributed by atoms with Gasteiger partial charge in [0.15, 0.2) is 0 Å². The summed E-state index contributed by atoms with van der Waals surface area (Å²) in [5, 5.41) is 3.35. The van der Waals surface area contributed by atoms with Crippen LogP contribution in [0.2, 0.25) is 0 Å². The van der Waals surface area contributed by atoms with E-state index in [0.29, 0.717) is 0 Å². The lowest BCUT2D eigenvalue weighted by Crippen LogP contribution is -2.61. The smallest absolute Gasteiger partial charge is 0.0634 e. The van der Waals surface area contributed by atoms with E-state index in [1.165, 1.54) is 39.3 Å². The lowest BCUT2D eigenvalue weighted by molar-refractivity contribution is 0.0000436. The molecule has 2 fully saturated rings. The van der Waals surface area contributed by atoms with Gasteiger partial charge in [-0.05, 0) is 20.3 Å². The summed E-state index contributed by atoms with van der Waals surface area (Å²) in [5.74, 6) is 0. The molecule has 2 aliphatic rings. The normalized spacial score (nSPS) is 24.9. The fourth-order valence-electron chi connectivity index (χ4n) is 2.41. The van der Waals surface area contributed by atoms with Crippen molar-refractivity contribution in [2.24, 2.45) is 0 Å². The number of nitrogens with one attached hydrogen (secondary N) is 1. The molecule has 4 nitrogen and oxygen atoms in total. The predicted octanol–water partition coefficient (Wildman–Crippen LogP) is 0.391. The molecule has 0 aromatic rings. The van der Waals surface area contributed by atoms with Crippen LogP contribution in [0.4, 0.5) is 0 Å². The second-order valence-corrected chi connectivity index (χ2v) is 5.90. The highest BCUT2D eigenvalue weighted by molar-refractivity contribution is 4.87. The first-order valence-electron chi connectivity index (χ1n) is 6.83. The summed E-state index contributed by atoms with van der Waals surface area (Å²) in [6, 6.07) is 0.813. The lowest BCUT2D eigenvalue weighted by Gasteiger charge is -2.43. The second-order valence-electron chi connectivity index (χ2n) is 5.90. The van der Waals surface area contributed by atoms with Crippen LogP contribution in [0.15, 0.2) is 0 Å². The van der Waals surface area contributed by atoms with E-state index in [9.17, 15) is 0 Å². The minimum Gasteiger partial charge on any atom is -0.379 e. The van der Waals surface area contributed by atoms with Gasteiger partial charge in [0.1, 0.15) is 0 Å². The summed E-state index contributed by atoms with van der Waals surface area (Å²) in [4.78, 5) is 5.21. The Hall–Kier alpha value is -0.160. The summed E-state index contributed by atoms with van der Waals surface area (Å²) in [6.07, 6.45) is 1.12. The molecule has 0 aromatic heterocycles. The van der Waals surface area contributed by atoms with Gasteiger partial charge in [-0.15, -0.1) is 0 Å². The molecule has 0 unspecified atom stereocenters. The first-order chi connectivity index (χ1) is 8.11. The average Bonchev–Trinajstić information content (AvgIpc) is 2.26. The van der Waals surface area contributed by atoms with Gasteiger partial charge in [-0.1, -0.05) is 0 Å². The standard InChI is InChI=1S/C13H27N3O/c1-13(2,17-3)4-5-15-6-8-16(9-7-15)12-10-14-11-12/h12,14H,4-11H2,1-3H3. The number of nitrogens with zero attached hydrogens (tertiary/aromatic N) is 2. The van der Waals surface area contributed by atoms with Crippen LogP contribution in [0.5, 0.6) is 0 Å². The number of piperazine rings is 1. The molecule has 2 rings (SSSR count). The number of hydrogen-bond acceptors (Lipinski definition) is 4. The maximum absolute atomic E-state index is 5.47. The van der Waals surface area contributed by atoms with Crippen molar-refractivity contribution < 1.29 is 4.74 Å². The molecule has 17 heavy (non-hydrogen) atoms. The molecule has 2 saturated heterocycles. The maximum Gasteiger partial charge on any atom is 0.0634 e. The largest absolute Gasteiger partial charge is 0.379 e. The predicted molar refractivity (Wildman–Crippen MR) is 70.4 cm³/mol. The topological polar surface area (TPSA) is 27.7 Å². The van der Waals surface area contributed by atoms with E-state index >= 15 is 0 Å². The fraction of sp³-hybridized carbons (Fsp3) is 1.00. The van der Waals surface area contributed by atoms with Crippen molar-refractivity contribution in [3.05, 3.63) is 0 Å². The van der Waals surface area contributed by atoms with Crippen molar-refractivity contribution in [2.45, 2.75) is 31.9 Å². The first kappa shape index (κ1) is 13.3. The zero-order chi connectivity index (χ0) is 12.3. The van der Waals surface area contributed by atoms with Crippen molar-refractivity contribution in [3.8, 4) is 0 Å². The third-order valence-electron chi connectivity index (χ3n) is 4.27. The van der Waals surface area contributed by atoms with E-state index in [1.807, 2.05) is 7.11 Å². The van der Waals surface area contributed by atoms with Crippen LogP contribution in [-0.2, 0) is 4.74 Å². The van der Waals surface area contributed by atoms with Gasteiger partial charge < -0.3 is 15.0 Å². The molecule has 0 amide bonds. The van der Waals surface area contributed by atoms with Crippen LogP contribution in [0, 0.1) is 0 Å². The maximum atomic E-state index is 5.47. The molecule has 0 bridgehead atoms. The van der Waals surface area contributed by atoms with E-state index < -0.39 is 0 Å². The molecule has 0 aliphatic carbocycles. The van der Waals surface area contributed by atoms with E-state index in [-0.39, 0.29) is 5.60 Å². The van der Waals surface area contributed by atoms with Gasteiger partial charge >= 0.3 is 0 Å². The van der Waals surface area contributed by atoms with Gasteiger partial charge in [-0.2, -0.15) is 0 Å². The van der Waals surface area contributed by atoms with Gasteiger partial charge in [0, 0.05) is 59.0 Å². The summed E-state index contributed by atoms with van der Waals surface area (Å²) in [7, 11) is 1.81. The van der Waals surface area contributed by atoms with E-state index in [0.717, 1.165) is 19.0 Å². The van der Waals surface area contributed by atoms with Crippen molar-refractivity contribution in [1.29, 1.82) is 0 Å². The van der Waals surface area contributed by atoms with Crippen LogP contribution in [0.3, 0.4) is 0 Å². The van der Waals surface area contributed by atoms with Crippen LogP contribution in [0.1, 0.15) is 20.3 Å². The Bertz CT molecular complexity index is 233. The highest BCUT2D eigenvalue weighted by Crippen LogP contribution is 2.15. The number of hydrogen-bond donors (Lipinski definition) is 1. The summed E-state index contributed by atoms with van der Waals surface area (Å²) < 4.78 is 5.47. The van der Waals surface area contributed by atoms with E-state index in [1.54, 1.807) is 0 Å². The van der Waals surface area contributed by atoms with Crippen molar-refractivity contribution in [2.75, 3.05) is 52.9 Å². The van der Waals surface area contributed by atoms with Crippen molar-refractivity contribution >= 4 is 0 Å². The molecule has 2 heterocycles. The van der Waals surface area contributed by atoms with Crippen LogP contribution >= 0.6 is 0 Å². The molecule has 1 N–H and O–H groups in total. The van der Waals surface area contributed by atoms with Gasteiger partial charge in [0.2, 0.25) is 0 Å². The summed E-state index contributed by atoms with van der Waals surface area (Å²) in [5.41, 5.74) is 0.0228. The van der Waals surface area contributed by atoms with Crippen LogP contribution in [-0.4, -0.2) is 74.4 Å². The zero-order valence-electron chi connectivity index (χ0n) is 11.5. The molecule has 2 aliphatic heterocycles. The van der Waals surface area contributed by atoms with Gasteiger partial charge in [-0.25, -0.2) is 0 Å². The Morgan fingerprint density at radius 1 is 1.18 bits per heavy atom. The van der Waals surface area contributed by atoms with Gasteiger partial charge in [0.25, 0.3) is 0 Å². The molecular weight excluding hydrogens is 214 g/mol. The van der Waals surface area contributed by atoms with Gasteiger partial charge in [-0.3, -0.25) is 4.90 Å². The number of ether oxygens (including phenoxy) is 1. The Morgan fingerprint density at radius 2 is 1.82 bits per heavy atom. The average molecular weight is 241 g/mol. The van der Waals surface area contributed by atoms with Crippen molar-refractivity contribution in [3.63, 3.8) is 0 Å². The number of methoxy groups -OCH3 is 1. The molecule has 0 radical (unpaired) electrons. The minimum absolute atomic E-state index is 0.0228. The molecule has 0 aromatic carbocycles. The Balaban J connectivity index is 1.65. The number of rotatable bonds is 5. The quantitative estimate of drug-likeness (QED) is 0.754. The molecule has 0 atom stereocenters. The van der Waals surface area contributed by atoms with Crippen molar-refractivity contribution in [1.82, 2.24) is 15.1 Å². The van der Waals surface area contributed by atoms with Crippen LogP contribution < -0.4 is 5.32 Å². The van der Waals surface area contributed by atoms with E-state index in [2.05, 4.69) is 29.0 Å². The molecular formula is C13H27N3O. The van der Waals surface area contributed by atoms with Gasteiger partial charge in [0.05, 0.1) is 5.60 Å². The third kappa shape index (κ3) is 3.65. The molecule has 0 saturated carbocycles. The SMILES string of the molecule is COC(C)(C)CCN1CCN(C2CNC2)CC1. The third-order valence-corrected chi connectivity index (χ3v) is 4.27. The molecule has 4 heteroatoms. The summed E-state index contributed by atoms with van der Waals surface area (Å²) in [6.45, 7) is 12.8. The zero-order valence-corrected chi connectivity index (χ0v) is 11.5. The lowest BCUT2D eigenvalue weighted by atomic mass is 10.0. The highest BCUT2D eigenvalue weighted by atomic mass is 16.5. The Kier molecular flexibility index (Phi) is 4.42. The minimum atomic E-state index is 0.0228. The van der Waals surface area contributed by atoms with E-state index in [4.69, 9.17) is 4.74 Å².